The Balaban J connectivity index is 4.36. The molecule has 0 aliphatic carbocycles. The maximum Gasteiger partial charge on any atom is 0.177 e. The van der Waals surface area contributed by atoms with Crippen molar-refractivity contribution in [2.45, 2.75) is 27.2 Å². The van der Waals surface area contributed by atoms with Gasteiger partial charge in [-0.1, -0.05) is 19.0 Å². The molecule has 0 saturated carbocycles. The average Bonchev–Trinajstić information content (AvgIpc) is 2.03. The molecule has 0 radical (unpaired) electrons. The van der Waals surface area contributed by atoms with Crippen LogP contribution < -0.4 is 0 Å². The van der Waals surface area contributed by atoms with Crippen molar-refractivity contribution >= 4 is 17.3 Å². The summed E-state index contributed by atoms with van der Waals surface area (Å²) in [4.78, 5) is 26.6. The third-order valence-corrected chi connectivity index (χ3v) is 1.59. The Hall–Kier alpha value is -1.19. The van der Waals surface area contributed by atoms with Crippen LogP contribution in [-0.4, -0.2) is 24.4 Å². The zero-order chi connectivity index (χ0) is 10.4. The Morgan fingerprint density at radius 1 is 1.38 bits per heavy atom. The molecule has 0 fully saturated rings. The molecule has 4 nitrogen and oxygen atoms in total. The fourth-order valence-corrected chi connectivity index (χ4v) is 0.700. The topological polar surface area (TPSA) is 55.7 Å². The summed E-state index contributed by atoms with van der Waals surface area (Å²) < 4.78 is 0. The SMILES string of the molecule is CO/N=C(/CC(=O)C(C)C)C(C)=O. The lowest BCUT2D eigenvalue weighted by Crippen LogP contribution is -2.19. The molecule has 0 saturated heterocycles. The van der Waals surface area contributed by atoms with E-state index in [1.54, 1.807) is 13.8 Å². The van der Waals surface area contributed by atoms with E-state index in [1.807, 2.05) is 0 Å². The van der Waals surface area contributed by atoms with Crippen LogP contribution in [0.5, 0.6) is 0 Å². The molecule has 0 amide bonds. The Labute approximate surface area is 77.9 Å². The highest BCUT2D eigenvalue weighted by Gasteiger charge is 2.15. The van der Waals surface area contributed by atoms with E-state index in [0.717, 1.165) is 0 Å². The molecule has 0 rings (SSSR count). The van der Waals surface area contributed by atoms with E-state index in [-0.39, 0.29) is 29.6 Å². The van der Waals surface area contributed by atoms with Crippen LogP contribution in [0.15, 0.2) is 5.16 Å². The predicted molar refractivity (Wildman–Crippen MR) is 49.6 cm³/mol. The number of hydrogen-bond acceptors (Lipinski definition) is 4. The molecule has 0 spiro atoms. The lowest BCUT2D eigenvalue weighted by Gasteiger charge is -2.03. The Kier molecular flexibility index (Phi) is 4.96. The van der Waals surface area contributed by atoms with E-state index in [2.05, 4.69) is 9.99 Å². The highest BCUT2D eigenvalue weighted by Crippen LogP contribution is 2.01. The van der Waals surface area contributed by atoms with Gasteiger partial charge in [0.25, 0.3) is 0 Å². The summed E-state index contributed by atoms with van der Waals surface area (Å²) in [5, 5.41) is 3.49. The van der Waals surface area contributed by atoms with E-state index in [9.17, 15) is 9.59 Å². The first-order chi connectivity index (χ1) is 5.99. The average molecular weight is 185 g/mol. The number of oxime groups is 1. The molecule has 0 unspecified atom stereocenters. The third kappa shape index (κ3) is 4.40. The Morgan fingerprint density at radius 2 is 1.92 bits per heavy atom. The molecule has 0 aromatic rings. The van der Waals surface area contributed by atoms with Crippen LogP contribution in [0.1, 0.15) is 27.2 Å². The molecule has 13 heavy (non-hydrogen) atoms. The minimum Gasteiger partial charge on any atom is -0.399 e. The minimum absolute atomic E-state index is 0.00833. The van der Waals surface area contributed by atoms with Gasteiger partial charge < -0.3 is 4.84 Å². The van der Waals surface area contributed by atoms with Crippen LogP contribution in [0.3, 0.4) is 0 Å². The molecule has 0 N–H and O–H groups in total. The van der Waals surface area contributed by atoms with Gasteiger partial charge in [-0.25, -0.2) is 0 Å². The molecular weight excluding hydrogens is 170 g/mol. The van der Waals surface area contributed by atoms with Crippen LogP contribution >= 0.6 is 0 Å². The predicted octanol–water partition coefficient (Wildman–Crippen LogP) is 1.19. The van der Waals surface area contributed by atoms with E-state index in [4.69, 9.17) is 0 Å². The minimum atomic E-state index is -0.226. The van der Waals surface area contributed by atoms with Gasteiger partial charge in [0.1, 0.15) is 18.6 Å². The van der Waals surface area contributed by atoms with Crippen molar-refractivity contribution in [2.24, 2.45) is 11.1 Å². The third-order valence-electron chi connectivity index (χ3n) is 1.59. The Bertz CT molecular complexity index is 231. The summed E-state index contributed by atoms with van der Waals surface area (Å²) in [6.45, 7) is 4.94. The van der Waals surface area contributed by atoms with Gasteiger partial charge in [0.05, 0.1) is 6.42 Å². The normalized spacial score (nSPS) is 11.6. The molecule has 0 atom stereocenters. The summed E-state index contributed by atoms with van der Waals surface area (Å²) in [5.74, 6) is -0.316. The van der Waals surface area contributed by atoms with Crippen LogP contribution in [0, 0.1) is 5.92 Å². The molecule has 0 bridgehead atoms. The van der Waals surface area contributed by atoms with Gasteiger partial charge in [-0.2, -0.15) is 0 Å². The maximum absolute atomic E-state index is 11.2. The number of hydrogen-bond donors (Lipinski definition) is 0. The molecule has 0 aromatic heterocycles. The second-order valence-corrected chi connectivity index (χ2v) is 3.07. The van der Waals surface area contributed by atoms with Crippen molar-refractivity contribution in [2.75, 3.05) is 7.11 Å². The Morgan fingerprint density at radius 3 is 2.23 bits per heavy atom. The van der Waals surface area contributed by atoms with Gasteiger partial charge >= 0.3 is 0 Å². The van der Waals surface area contributed by atoms with Crippen LogP contribution in [0.25, 0.3) is 0 Å². The van der Waals surface area contributed by atoms with Gasteiger partial charge in [-0.05, 0) is 0 Å². The van der Waals surface area contributed by atoms with Gasteiger partial charge in [0.15, 0.2) is 5.78 Å². The van der Waals surface area contributed by atoms with Crippen molar-refractivity contribution in [3.8, 4) is 0 Å². The number of carbonyl (C=O) groups excluding carboxylic acids is 2. The number of ketones is 2. The largest absolute Gasteiger partial charge is 0.399 e. The first kappa shape index (κ1) is 11.8. The van der Waals surface area contributed by atoms with Crippen LogP contribution in [0.4, 0.5) is 0 Å². The second-order valence-electron chi connectivity index (χ2n) is 3.07. The molecule has 0 aliphatic heterocycles. The summed E-state index contributed by atoms with van der Waals surface area (Å²) in [6, 6.07) is 0. The molecular formula is C9H15NO3. The van der Waals surface area contributed by atoms with Crippen molar-refractivity contribution < 1.29 is 14.4 Å². The molecule has 74 valence electrons. The van der Waals surface area contributed by atoms with Gasteiger partial charge in [-0.15, -0.1) is 0 Å². The monoisotopic (exact) mass is 185 g/mol. The first-order valence-electron chi connectivity index (χ1n) is 4.12. The number of rotatable bonds is 5. The lowest BCUT2D eigenvalue weighted by molar-refractivity contribution is -0.121. The summed E-state index contributed by atoms with van der Waals surface area (Å²) in [5.41, 5.74) is 0.182. The first-order valence-corrected chi connectivity index (χ1v) is 4.12. The molecule has 4 heteroatoms. The zero-order valence-electron chi connectivity index (χ0n) is 8.46. The fourth-order valence-electron chi connectivity index (χ4n) is 0.700. The smallest absolute Gasteiger partial charge is 0.177 e. The fraction of sp³-hybridized carbons (Fsp3) is 0.667. The van der Waals surface area contributed by atoms with E-state index < -0.39 is 0 Å². The zero-order valence-corrected chi connectivity index (χ0v) is 8.46. The van der Waals surface area contributed by atoms with E-state index >= 15 is 0 Å². The summed E-state index contributed by atoms with van der Waals surface area (Å²) in [6.07, 6.45) is 0.0564. The van der Waals surface area contributed by atoms with Crippen molar-refractivity contribution in [3.05, 3.63) is 0 Å². The van der Waals surface area contributed by atoms with Gasteiger partial charge in [-0.3, -0.25) is 9.59 Å². The van der Waals surface area contributed by atoms with E-state index in [1.165, 1.54) is 14.0 Å². The van der Waals surface area contributed by atoms with Crippen LogP contribution in [0.2, 0.25) is 0 Å². The maximum atomic E-state index is 11.2. The molecule has 0 heterocycles. The van der Waals surface area contributed by atoms with Crippen LogP contribution in [-0.2, 0) is 14.4 Å². The van der Waals surface area contributed by atoms with Gasteiger partial charge in [0, 0.05) is 12.8 Å². The quantitative estimate of drug-likeness (QED) is 0.477. The lowest BCUT2D eigenvalue weighted by atomic mass is 10.0. The standard InChI is InChI=1S/C9H15NO3/c1-6(2)9(12)5-8(7(3)11)10-13-4/h6H,5H2,1-4H3/b10-8-. The second kappa shape index (κ2) is 5.45. The number of Topliss-reactive ketones (excluding diaryl/α,β-unsaturated/α-hetero) is 2. The van der Waals surface area contributed by atoms with Crippen molar-refractivity contribution in [1.82, 2.24) is 0 Å². The summed E-state index contributed by atoms with van der Waals surface area (Å²) >= 11 is 0. The van der Waals surface area contributed by atoms with Gasteiger partial charge in [0.2, 0.25) is 0 Å². The highest BCUT2D eigenvalue weighted by molar-refractivity contribution is 6.41. The molecule has 0 aromatic carbocycles. The highest BCUT2D eigenvalue weighted by atomic mass is 16.6. The van der Waals surface area contributed by atoms with Crippen molar-refractivity contribution in [3.63, 3.8) is 0 Å². The van der Waals surface area contributed by atoms with E-state index in [0.29, 0.717) is 0 Å². The van der Waals surface area contributed by atoms with Crippen molar-refractivity contribution in [1.29, 1.82) is 0 Å². The number of nitrogens with zero attached hydrogens (tertiary/aromatic N) is 1. The number of carbonyl (C=O) groups is 2. The molecule has 0 aliphatic rings. The summed E-state index contributed by atoms with van der Waals surface area (Å²) in [7, 11) is 1.35.